The average molecular weight is 490 g/mol. The Kier molecular flexibility index (Phi) is 5.71. The van der Waals surface area contributed by atoms with Crippen LogP contribution in [0.1, 0.15) is 43.0 Å². The van der Waals surface area contributed by atoms with Crippen LogP contribution in [0.25, 0.3) is 11.0 Å². The molecular formula is C26H27N5O5. The van der Waals surface area contributed by atoms with Crippen molar-refractivity contribution in [3.63, 3.8) is 0 Å². The van der Waals surface area contributed by atoms with E-state index in [0.29, 0.717) is 30.5 Å². The van der Waals surface area contributed by atoms with Crippen LogP contribution in [-0.2, 0) is 16.1 Å². The summed E-state index contributed by atoms with van der Waals surface area (Å²) in [5, 5.41) is 2.72. The highest BCUT2D eigenvalue weighted by atomic mass is 16.7. The number of piperidine rings is 1. The zero-order valence-electron chi connectivity index (χ0n) is 19.7. The lowest BCUT2D eigenvalue weighted by Gasteiger charge is -2.31. The summed E-state index contributed by atoms with van der Waals surface area (Å²) in [7, 11) is 0. The molecule has 3 aromatic rings. The van der Waals surface area contributed by atoms with Crippen LogP contribution in [0.5, 0.6) is 11.5 Å². The molecule has 10 nitrogen and oxygen atoms in total. The number of hydrogen-bond donors (Lipinski definition) is 2. The molecule has 6 rings (SSSR count). The molecule has 3 aliphatic rings. The lowest BCUT2D eigenvalue weighted by atomic mass is 9.95. The van der Waals surface area contributed by atoms with Crippen LogP contribution in [0.2, 0.25) is 0 Å². The average Bonchev–Trinajstić information content (AvgIpc) is 3.61. The summed E-state index contributed by atoms with van der Waals surface area (Å²) in [5.74, 6) is 2.22. The van der Waals surface area contributed by atoms with Gasteiger partial charge in [-0.3, -0.25) is 14.5 Å². The summed E-state index contributed by atoms with van der Waals surface area (Å²) in [6.07, 6.45) is 2.18. The van der Waals surface area contributed by atoms with Gasteiger partial charge in [0, 0.05) is 25.4 Å². The van der Waals surface area contributed by atoms with Crippen LogP contribution in [0.3, 0.4) is 0 Å². The predicted octanol–water partition coefficient (Wildman–Crippen LogP) is 2.90. The van der Waals surface area contributed by atoms with Crippen molar-refractivity contribution in [2.75, 3.05) is 19.9 Å². The highest BCUT2D eigenvalue weighted by molar-refractivity contribution is 6.04. The summed E-state index contributed by atoms with van der Waals surface area (Å²) in [6, 6.07) is 12.2. The van der Waals surface area contributed by atoms with Crippen molar-refractivity contribution in [2.45, 2.75) is 44.2 Å². The molecule has 10 heteroatoms. The molecule has 4 heterocycles. The number of hydrogen-bond acceptors (Lipinski definition) is 6. The van der Waals surface area contributed by atoms with Crippen molar-refractivity contribution >= 4 is 28.9 Å². The number of para-hydroxylation sites is 2. The van der Waals surface area contributed by atoms with Gasteiger partial charge in [-0.15, -0.1) is 0 Å². The molecule has 2 fully saturated rings. The third-order valence-corrected chi connectivity index (χ3v) is 7.17. The van der Waals surface area contributed by atoms with E-state index in [2.05, 4.69) is 10.3 Å². The zero-order valence-corrected chi connectivity index (χ0v) is 19.7. The van der Waals surface area contributed by atoms with Crippen molar-refractivity contribution in [1.82, 2.24) is 25.1 Å². The maximum atomic E-state index is 12.9. The number of aromatic amines is 1. The van der Waals surface area contributed by atoms with E-state index in [1.54, 1.807) is 18.2 Å². The number of carbonyl (C=O) groups excluding carboxylic acids is 3. The Bertz CT molecular complexity index is 1300. The van der Waals surface area contributed by atoms with Gasteiger partial charge >= 0.3 is 6.03 Å². The standard InChI is InChI=1S/C26H27N5O5/c32-23(30-11-9-17(10-12-30)24-27-18-3-1-2-4-19(18)28-24)8-6-20-25(33)31(26(34)29-20)14-16-5-7-21-22(13-16)36-15-35-21/h1-5,7,13,17,20H,6,8-12,14-15H2,(H,27,28)(H,29,34)/t20-/m0/s1. The first-order valence-corrected chi connectivity index (χ1v) is 12.3. The topological polar surface area (TPSA) is 117 Å². The second kappa shape index (κ2) is 9.18. The third-order valence-electron chi connectivity index (χ3n) is 7.17. The molecule has 0 spiro atoms. The number of likely N-dealkylation sites (tertiary alicyclic amines) is 1. The maximum Gasteiger partial charge on any atom is 0.325 e. The molecule has 0 aliphatic carbocycles. The molecule has 0 saturated carbocycles. The SMILES string of the molecule is O=C(CC[C@@H]1NC(=O)N(Cc2ccc3c(c2)OCO3)C1=O)N1CCC(c2nc3ccccc3[nH]2)CC1. The first-order valence-electron chi connectivity index (χ1n) is 12.3. The number of ether oxygens (including phenoxy) is 2. The summed E-state index contributed by atoms with van der Waals surface area (Å²) in [5.41, 5.74) is 2.76. The molecule has 2 saturated heterocycles. The highest BCUT2D eigenvalue weighted by Crippen LogP contribution is 2.33. The number of rotatable bonds is 6. The van der Waals surface area contributed by atoms with Crippen LogP contribution >= 0.6 is 0 Å². The number of H-pyrrole nitrogens is 1. The van der Waals surface area contributed by atoms with Gasteiger partial charge < -0.3 is 24.7 Å². The molecule has 0 bridgehead atoms. The minimum absolute atomic E-state index is 0.00864. The molecule has 1 aromatic heterocycles. The summed E-state index contributed by atoms with van der Waals surface area (Å²) in [4.78, 5) is 49.3. The summed E-state index contributed by atoms with van der Waals surface area (Å²) in [6.45, 7) is 1.61. The third kappa shape index (κ3) is 4.23. The van der Waals surface area contributed by atoms with Crippen molar-refractivity contribution in [3.8, 4) is 11.5 Å². The Hall–Kier alpha value is -4.08. The second-order valence-electron chi connectivity index (χ2n) is 9.45. The van der Waals surface area contributed by atoms with Gasteiger partial charge in [0.1, 0.15) is 11.9 Å². The number of amides is 4. The van der Waals surface area contributed by atoms with E-state index in [4.69, 9.17) is 14.5 Å². The van der Waals surface area contributed by atoms with E-state index < -0.39 is 12.1 Å². The van der Waals surface area contributed by atoms with Crippen LogP contribution in [0.4, 0.5) is 4.79 Å². The molecule has 4 amide bonds. The first-order chi connectivity index (χ1) is 17.5. The lowest BCUT2D eigenvalue weighted by molar-refractivity contribution is -0.132. The molecule has 2 N–H and O–H groups in total. The van der Waals surface area contributed by atoms with Gasteiger partial charge in [0.25, 0.3) is 5.91 Å². The van der Waals surface area contributed by atoms with Crippen molar-refractivity contribution < 1.29 is 23.9 Å². The molecule has 0 radical (unpaired) electrons. The van der Waals surface area contributed by atoms with Gasteiger partial charge in [-0.2, -0.15) is 0 Å². The number of fused-ring (bicyclic) bond motifs is 2. The lowest BCUT2D eigenvalue weighted by Crippen LogP contribution is -2.39. The second-order valence-corrected chi connectivity index (χ2v) is 9.45. The van der Waals surface area contributed by atoms with Crippen LogP contribution in [0, 0.1) is 0 Å². The number of imidazole rings is 1. The number of nitrogens with zero attached hydrogens (tertiary/aromatic N) is 3. The molecule has 0 unspecified atom stereocenters. The smallest absolute Gasteiger partial charge is 0.325 e. The van der Waals surface area contributed by atoms with Gasteiger partial charge in [-0.25, -0.2) is 9.78 Å². The van der Waals surface area contributed by atoms with Crippen LogP contribution in [0.15, 0.2) is 42.5 Å². The van der Waals surface area contributed by atoms with E-state index in [9.17, 15) is 14.4 Å². The van der Waals surface area contributed by atoms with Gasteiger partial charge in [0.2, 0.25) is 12.7 Å². The fraction of sp³-hybridized carbons (Fsp3) is 0.385. The van der Waals surface area contributed by atoms with Crippen LogP contribution in [-0.4, -0.2) is 63.5 Å². The van der Waals surface area contributed by atoms with E-state index in [-0.39, 0.29) is 38.0 Å². The molecule has 1 atom stereocenters. The minimum Gasteiger partial charge on any atom is -0.454 e. The van der Waals surface area contributed by atoms with Crippen LogP contribution < -0.4 is 14.8 Å². The maximum absolute atomic E-state index is 12.9. The molecular weight excluding hydrogens is 462 g/mol. The highest BCUT2D eigenvalue weighted by Gasteiger charge is 2.38. The van der Waals surface area contributed by atoms with E-state index >= 15 is 0 Å². The summed E-state index contributed by atoms with van der Waals surface area (Å²) >= 11 is 0. The Morgan fingerprint density at radius 1 is 1.06 bits per heavy atom. The quantitative estimate of drug-likeness (QED) is 0.515. The van der Waals surface area contributed by atoms with Crippen molar-refractivity contribution in [3.05, 3.63) is 53.9 Å². The fourth-order valence-electron chi connectivity index (χ4n) is 5.14. The number of nitrogens with one attached hydrogen (secondary N) is 2. The molecule has 3 aliphatic heterocycles. The van der Waals surface area contributed by atoms with Gasteiger partial charge in [0.05, 0.1) is 17.6 Å². The monoisotopic (exact) mass is 489 g/mol. The Morgan fingerprint density at radius 2 is 1.86 bits per heavy atom. The predicted molar refractivity (Wildman–Crippen MR) is 129 cm³/mol. The van der Waals surface area contributed by atoms with Gasteiger partial charge in [-0.05, 0) is 49.1 Å². The largest absolute Gasteiger partial charge is 0.454 e. The number of urea groups is 1. The normalized spacial score (nSPS) is 19.8. The Morgan fingerprint density at radius 3 is 2.69 bits per heavy atom. The Labute approximate surface area is 207 Å². The first kappa shape index (κ1) is 22.4. The number of benzene rings is 2. The molecule has 36 heavy (non-hydrogen) atoms. The molecule has 186 valence electrons. The number of aromatic nitrogens is 2. The fourth-order valence-corrected chi connectivity index (χ4v) is 5.14. The minimum atomic E-state index is -0.691. The number of carbonyl (C=O) groups is 3. The van der Waals surface area contributed by atoms with Gasteiger partial charge in [0.15, 0.2) is 11.5 Å². The van der Waals surface area contributed by atoms with Crippen molar-refractivity contribution in [1.29, 1.82) is 0 Å². The van der Waals surface area contributed by atoms with Crippen molar-refractivity contribution in [2.24, 2.45) is 0 Å². The number of imide groups is 1. The Balaban J connectivity index is 0.999. The van der Waals surface area contributed by atoms with E-state index in [0.717, 1.165) is 35.3 Å². The van der Waals surface area contributed by atoms with Gasteiger partial charge in [-0.1, -0.05) is 18.2 Å². The molecule has 2 aromatic carbocycles. The van der Waals surface area contributed by atoms with E-state index in [1.165, 1.54) is 4.90 Å². The van der Waals surface area contributed by atoms with E-state index in [1.807, 2.05) is 29.2 Å². The summed E-state index contributed by atoms with van der Waals surface area (Å²) < 4.78 is 10.7. The zero-order chi connectivity index (χ0) is 24.6.